The third-order valence-corrected chi connectivity index (χ3v) is 1.58. The normalized spacial score (nSPS) is 8.72. The minimum atomic E-state index is -1.50. The number of hydrogen-bond acceptors (Lipinski definition) is 5. The van der Waals surface area contributed by atoms with Crippen LogP contribution in [0.3, 0.4) is 0 Å². The van der Waals surface area contributed by atoms with Gasteiger partial charge in [0.05, 0.1) is 4.92 Å². The number of nitro benzene ring substituents is 1. The van der Waals surface area contributed by atoms with Crippen LogP contribution >= 0.6 is 0 Å². The molecule has 0 spiro atoms. The lowest BCUT2D eigenvalue weighted by Crippen LogP contribution is -2.22. The summed E-state index contributed by atoms with van der Waals surface area (Å²) in [7, 11) is 0. The minimum absolute atomic E-state index is 0.0987. The van der Waals surface area contributed by atoms with Gasteiger partial charge in [0.2, 0.25) is 0 Å². The number of nitrogens with zero attached hydrogens (tertiary/aromatic N) is 3. The Morgan fingerprint density at radius 3 is 2.22 bits per heavy atom. The summed E-state index contributed by atoms with van der Waals surface area (Å²) in [6.07, 6.45) is 0. The molecule has 1 rings (SSSR count). The molecule has 1 aromatic carbocycles. The van der Waals surface area contributed by atoms with Crippen LogP contribution in [0.4, 0.5) is 11.4 Å². The molecule has 10 heteroatoms. The number of rotatable bonds is 2. The smallest absolute Gasteiger partial charge is 0.295 e. The highest BCUT2D eigenvalue weighted by Crippen LogP contribution is 2.27. The maximum Gasteiger partial charge on any atom is 0.295 e. The van der Waals surface area contributed by atoms with Crippen molar-refractivity contribution in [3.05, 3.63) is 44.0 Å². The summed E-state index contributed by atoms with van der Waals surface area (Å²) >= 11 is 0. The van der Waals surface area contributed by atoms with Crippen LogP contribution < -0.4 is 11.5 Å². The molecule has 98 valence electrons. The zero-order valence-electron chi connectivity index (χ0n) is 9.31. The molecule has 0 aliphatic heterocycles. The predicted molar refractivity (Wildman–Crippen MR) is 62.1 cm³/mol. The van der Waals surface area contributed by atoms with Crippen molar-refractivity contribution in [3.63, 3.8) is 0 Å². The molecule has 10 nitrogen and oxygen atoms in total. The Morgan fingerprint density at radius 2 is 1.83 bits per heavy atom. The summed E-state index contributed by atoms with van der Waals surface area (Å²) in [5, 5.41) is 24.2. The highest BCUT2D eigenvalue weighted by molar-refractivity contribution is 5.80. The fourth-order valence-corrected chi connectivity index (χ4v) is 1.01. The second-order valence-corrected chi connectivity index (χ2v) is 3.02. The Morgan fingerprint density at radius 1 is 1.33 bits per heavy atom. The van der Waals surface area contributed by atoms with Crippen LogP contribution in [0.15, 0.2) is 23.2 Å². The molecule has 5 N–H and O–H groups in total. The van der Waals surface area contributed by atoms with Crippen molar-refractivity contribution in [3.8, 4) is 0 Å². The first-order valence-electron chi connectivity index (χ1n) is 4.42. The van der Waals surface area contributed by atoms with Gasteiger partial charge in [-0.3, -0.25) is 10.1 Å². The molecule has 0 aliphatic rings. The highest BCUT2D eigenvalue weighted by atomic mass is 16.9. The highest BCUT2D eigenvalue weighted by Gasteiger charge is 2.12. The predicted octanol–water partition coefficient (Wildman–Crippen LogP) is 0.460. The van der Waals surface area contributed by atoms with Crippen LogP contribution in [0, 0.1) is 27.2 Å². The zero-order valence-corrected chi connectivity index (χ0v) is 9.31. The van der Waals surface area contributed by atoms with Crippen LogP contribution in [-0.4, -0.2) is 21.2 Å². The van der Waals surface area contributed by atoms with Gasteiger partial charge in [-0.1, -0.05) is 6.07 Å². The summed E-state index contributed by atoms with van der Waals surface area (Å²) < 4.78 is 0. The number of nitro groups is 1. The van der Waals surface area contributed by atoms with Gasteiger partial charge in [-0.15, -0.1) is 10.1 Å². The Balaban J connectivity index is 0.000000631. The second-order valence-electron chi connectivity index (χ2n) is 3.02. The van der Waals surface area contributed by atoms with Gasteiger partial charge in [-0.25, -0.2) is 4.99 Å². The van der Waals surface area contributed by atoms with Crippen LogP contribution in [0.2, 0.25) is 0 Å². The fourth-order valence-electron chi connectivity index (χ4n) is 1.01. The molecule has 0 radical (unpaired) electrons. The van der Waals surface area contributed by atoms with E-state index in [1.807, 2.05) is 0 Å². The van der Waals surface area contributed by atoms with Gasteiger partial charge in [0.1, 0.15) is 5.69 Å². The van der Waals surface area contributed by atoms with Crippen molar-refractivity contribution in [1.29, 1.82) is 0 Å². The van der Waals surface area contributed by atoms with Crippen LogP contribution in [0.1, 0.15) is 5.56 Å². The lowest BCUT2D eigenvalue weighted by atomic mass is 10.2. The van der Waals surface area contributed by atoms with Crippen molar-refractivity contribution in [2.75, 3.05) is 0 Å². The first kappa shape index (κ1) is 15.1. The molecule has 0 aromatic heterocycles. The zero-order chi connectivity index (χ0) is 14.3. The molecule has 0 amide bonds. The van der Waals surface area contributed by atoms with E-state index in [2.05, 4.69) is 4.99 Å². The molecule has 0 heterocycles. The first-order chi connectivity index (χ1) is 8.23. The van der Waals surface area contributed by atoms with Gasteiger partial charge in [0, 0.05) is 6.07 Å². The van der Waals surface area contributed by atoms with Gasteiger partial charge in [-0.05, 0) is 18.6 Å². The molecule has 0 saturated carbocycles. The van der Waals surface area contributed by atoms with Crippen molar-refractivity contribution in [1.82, 2.24) is 0 Å². The summed E-state index contributed by atoms with van der Waals surface area (Å²) in [4.78, 5) is 22.1. The van der Waals surface area contributed by atoms with Crippen molar-refractivity contribution in [2.45, 2.75) is 6.92 Å². The monoisotopic (exact) mass is 257 g/mol. The van der Waals surface area contributed by atoms with E-state index in [-0.39, 0.29) is 17.3 Å². The number of nitrogens with two attached hydrogens (primary N) is 2. The largest absolute Gasteiger partial charge is 0.370 e. The standard InChI is InChI=1S/C8H10N4O2.HNO3/c1-5-2-3-6(11-8(9)10)7(4-5)12(13)14;2-1(3)4/h2-4H,1H3,(H4,9,10,11);(H,2,3,4). The maximum absolute atomic E-state index is 10.6. The first-order valence-corrected chi connectivity index (χ1v) is 4.42. The Bertz CT molecular complexity index is 479. The van der Waals surface area contributed by atoms with E-state index >= 15 is 0 Å². The van der Waals surface area contributed by atoms with Crippen molar-refractivity contribution < 1.29 is 15.2 Å². The van der Waals surface area contributed by atoms with Gasteiger partial charge in [0.15, 0.2) is 5.96 Å². The number of aliphatic imine (C=N–C) groups is 1. The molecule has 0 atom stereocenters. The second kappa shape index (κ2) is 6.62. The quantitative estimate of drug-likeness (QED) is 0.298. The summed E-state index contributed by atoms with van der Waals surface area (Å²) in [5.74, 6) is -0.197. The van der Waals surface area contributed by atoms with Crippen LogP contribution in [-0.2, 0) is 0 Å². The van der Waals surface area contributed by atoms with Gasteiger partial charge in [0.25, 0.3) is 10.8 Å². The lowest BCUT2D eigenvalue weighted by Gasteiger charge is -1.98. The average Bonchev–Trinajstić information content (AvgIpc) is 2.18. The SMILES string of the molecule is Cc1ccc(N=C(N)N)c([N+](=O)[O-])c1.O=[N+]([O-])O. The number of benzene rings is 1. The Kier molecular flexibility index (Phi) is 5.55. The molecule has 1 aromatic rings. The Hall–Kier alpha value is -2.91. The third-order valence-electron chi connectivity index (χ3n) is 1.58. The molecular weight excluding hydrogens is 246 g/mol. The van der Waals surface area contributed by atoms with E-state index in [0.29, 0.717) is 0 Å². The van der Waals surface area contributed by atoms with E-state index in [9.17, 15) is 10.1 Å². The molecule has 0 saturated heterocycles. The van der Waals surface area contributed by atoms with Crippen LogP contribution in [0.5, 0.6) is 0 Å². The third kappa shape index (κ3) is 5.85. The number of guanidine groups is 1. The molecule has 0 bridgehead atoms. The van der Waals surface area contributed by atoms with E-state index in [4.69, 9.17) is 26.8 Å². The number of aryl methyl sites for hydroxylation is 1. The van der Waals surface area contributed by atoms with E-state index < -0.39 is 10.0 Å². The minimum Gasteiger partial charge on any atom is -0.370 e. The topological polar surface area (TPSA) is 171 Å². The van der Waals surface area contributed by atoms with E-state index in [0.717, 1.165) is 5.56 Å². The molecular formula is C8H11N5O5. The summed E-state index contributed by atoms with van der Waals surface area (Å²) in [6.45, 7) is 1.76. The lowest BCUT2D eigenvalue weighted by molar-refractivity contribution is -0.742. The molecule has 18 heavy (non-hydrogen) atoms. The summed E-state index contributed by atoms with van der Waals surface area (Å²) in [5.41, 5.74) is 11.1. The van der Waals surface area contributed by atoms with Crippen LogP contribution in [0.25, 0.3) is 0 Å². The molecule has 0 aliphatic carbocycles. The van der Waals surface area contributed by atoms with Crippen molar-refractivity contribution >= 4 is 17.3 Å². The van der Waals surface area contributed by atoms with Gasteiger partial charge < -0.3 is 16.7 Å². The maximum atomic E-state index is 10.6. The fraction of sp³-hybridized carbons (Fsp3) is 0.125. The van der Waals surface area contributed by atoms with Gasteiger partial charge >= 0.3 is 0 Å². The molecule has 0 unspecified atom stereocenters. The number of hydrogen-bond donors (Lipinski definition) is 3. The van der Waals surface area contributed by atoms with E-state index in [1.54, 1.807) is 13.0 Å². The molecule has 0 fully saturated rings. The Labute approximate surface area is 101 Å². The van der Waals surface area contributed by atoms with E-state index in [1.165, 1.54) is 12.1 Å². The van der Waals surface area contributed by atoms with Crippen molar-refractivity contribution in [2.24, 2.45) is 16.5 Å². The van der Waals surface area contributed by atoms with Gasteiger partial charge in [-0.2, -0.15) is 0 Å². The average molecular weight is 257 g/mol. The summed E-state index contributed by atoms with van der Waals surface area (Å²) in [6, 6.07) is 4.63.